The molecule has 0 aliphatic carbocycles. The molecule has 2 nitrogen and oxygen atoms in total. The van der Waals surface area contributed by atoms with Gasteiger partial charge in [-0.15, -0.1) is 0 Å². The van der Waals surface area contributed by atoms with Gasteiger partial charge in [0.1, 0.15) is 0 Å². The third-order valence-corrected chi connectivity index (χ3v) is 2.19. The van der Waals surface area contributed by atoms with Gasteiger partial charge < -0.3 is 4.89 Å². The molecule has 3 heteroatoms. The van der Waals surface area contributed by atoms with Gasteiger partial charge in [0, 0.05) is 10.0 Å². The van der Waals surface area contributed by atoms with Crippen LogP contribution in [0.1, 0.15) is 25.3 Å². The van der Waals surface area contributed by atoms with Gasteiger partial charge in [0.2, 0.25) is 0 Å². The van der Waals surface area contributed by atoms with Gasteiger partial charge in [-0.25, -0.2) is 5.26 Å². The van der Waals surface area contributed by atoms with E-state index in [4.69, 9.17) is 5.26 Å². The Morgan fingerprint density at radius 1 is 1.42 bits per heavy atom. The third-order valence-electron chi connectivity index (χ3n) is 1.70. The van der Waals surface area contributed by atoms with E-state index >= 15 is 0 Å². The smallest absolute Gasteiger partial charge is 0.169 e. The van der Waals surface area contributed by atoms with Crippen molar-refractivity contribution in [1.82, 2.24) is 0 Å². The fourth-order valence-electron chi connectivity index (χ4n) is 1.06. The molecule has 0 unspecified atom stereocenters. The lowest BCUT2D eigenvalue weighted by Gasteiger charge is -2.09. The summed E-state index contributed by atoms with van der Waals surface area (Å²) in [5, 5.41) is 8.57. The minimum atomic E-state index is 0.347. The van der Waals surface area contributed by atoms with Crippen LogP contribution in [0.15, 0.2) is 22.7 Å². The molecule has 0 heterocycles. The summed E-state index contributed by atoms with van der Waals surface area (Å²) in [7, 11) is 0. The van der Waals surface area contributed by atoms with Crippen molar-refractivity contribution in [2.45, 2.75) is 19.8 Å². The Hall–Kier alpha value is -0.540. The molecule has 0 aromatic heterocycles. The van der Waals surface area contributed by atoms with E-state index in [9.17, 15) is 0 Å². The Morgan fingerprint density at radius 2 is 2.08 bits per heavy atom. The molecule has 0 saturated carbocycles. The number of hydrogen-bond acceptors (Lipinski definition) is 2. The number of rotatable bonds is 2. The first-order valence-electron chi connectivity index (χ1n) is 3.76. The van der Waals surface area contributed by atoms with Crippen LogP contribution in [0.4, 0.5) is 0 Å². The Morgan fingerprint density at radius 3 is 2.58 bits per heavy atom. The van der Waals surface area contributed by atoms with E-state index in [1.54, 1.807) is 6.07 Å². The zero-order valence-corrected chi connectivity index (χ0v) is 8.63. The molecule has 0 aliphatic heterocycles. The van der Waals surface area contributed by atoms with E-state index in [2.05, 4.69) is 20.8 Å². The van der Waals surface area contributed by atoms with Crippen LogP contribution in [0.2, 0.25) is 0 Å². The molecule has 1 N–H and O–H groups in total. The van der Waals surface area contributed by atoms with E-state index in [0.717, 1.165) is 10.0 Å². The maximum absolute atomic E-state index is 8.57. The highest BCUT2D eigenvalue weighted by Crippen LogP contribution is 2.28. The third kappa shape index (κ3) is 1.99. The second-order valence-corrected chi connectivity index (χ2v) is 3.84. The monoisotopic (exact) mass is 230 g/mol. The summed E-state index contributed by atoms with van der Waals surface area (Å²) < 4.78 is 0.899. The Labute approximate surface area is 80.2 Å². The zero-order chi connectivity index (χ0) is 9.14. The van der Waals surface area contributed by atoms with Crippen LogP contribution >= 0.6 is 15.9 Å². The van der Waals surface area contributed by atoms with Gasteiger partial charge in [0.15, 0.2) is 5.75 Å². The van der Waals surface area contributed by atoms with Crippen molar-refractivity contribution in [3.8, 4) is 5.75 Å². The molecule has 12 heavy (non-hydrogen) atoms. The SMILES string of the molecule is CC(C)c1ccc(Br)cc1OO. The second-order valence-electron chi connectivity index (χ2n) is 2.93. The summed E-state index contributed by atoms with van der Waals surface area (Å²) in [6.45, 7) is 4.09. The fourth-order valence-corrected chi connectivity index (χ4v) is 1.40. The Balaban J connectivity index is 3.11. The summed E-state index contributed by atoms with van der Waals surface area (Å²) >= 11 is 3.30. The average Bonchev–Trinajstić information content (AvgIpc) is 2.03. The van der Waals surface area contributed by atoms with Crippen molar-refractivity contribution < 1.29 is 10.1 Å². The van der Waals surface area contributed by atoms with Crippen molar-refractivity contribution >= 4 is 15.9 Å². The van der Waals surface area contributed by atoms with Crippen LogP contribution in [-0.4, -0.2) is 5.26 Å². The molecule has 1 aromatic carbocycles. The van der Waals surface area contributed by atoms with Gasteiger partial charge in [0.25, 0.3) is 0 Å². The van der Waals surface area contributed by atoms with Gasteiger partial charge in [0.05, 0.1) is 0 Å². The molecule has 0 spiro atoms. The number of hydrogen-bond donors (Lipinski definition) is 1. The maximum atomic E-state index is 8.57. The lowest BCUT2D eigenvalue weighted by molar-refractivity contribution is -0.138. The van der Waals surface area contributed by atoms with Gasteiger partial charge in [-0.3, -0.25) is 0 Å². The minimum absolute atomic E-state index is 0.347. The van der Waals surface area contributed by atoms with E-state index in [-0.39, 0.29) is 0 Å². The lowest BCUT2D eigenvalue weighted by Crippen LogP contribution is -1.93. The molecule has 0 saturated heterocycles. The first-order chi connectivity index (χ1) is 5.65. The first kappa shape index (κ1) is 9.55. The highest BCUT2D eigenvalue weighted by Gasteiger charge is 2.07. The quantitative estimate of drug-likeness (QED) is 0.624. The summed E-state index contributed by atoms with van der Waals surface area (Å²) in [5.74, 6) is 0.861. The summed E-state index contributed by atoms with van der Waals surface area (Å²) in [6, 6.07) is 5.60. The van der Waals surface area contributed by atoms with Crippen LogP contribution < -0.4 is 4.89 Å². The normalized spacial score (nSPS) is 10.4. The molecule has 0 aliphatic rings. The van der Waals surface area contributed by atoms with Crippen molar-refractivity contribution in [2.75, 3.05) is 0 Å². The maximum Gasteiger partial charge on any atom is 0.169 e. The van der Waals surface area contributed by atoms with E-state index < -0.39 is 0 Å². The van der Waals surface area contributed by atoms with E-state index in [0.29, 0.717) is 11.7 Å². The number of halogens is 1. The second kappa shape index (κ2) is 3.92. The Kier molecular flexibility index (Phi) is 3.12. The Bertz CT molecular complexity index is 271. The average molecular weight is 231 g/mol. The lowest BCUT2D eigenvalue weighted by atomic mass is 10.0. The largest absolute Gasteiger partial charge is 0.340 e. The number of benzene rings is 1. The molecule has 0 radical (unpaired) electrons. The standard InChI is InChI=1S/C9H11BrO2/c1-6(2)8-4-3-7(10)5-9(8)12-11/h3-6,11H,1-2H3. The van der Waals surface area contributed by atoms with Crippen molar-refractivity contribution in [3.63, 3.8) is 0 Å². The minimum Gasteiger partial charge on any atom is -0.340 e. The van der Waals surface area contributed by atoms with Gasteiger partial charge in [-0.05, 0) is 18.1 Å². The van der Waals surface area contributed by atoms with Gasteiger partial charge in [-0.2, -0.15) is 0 Å². The predicted octanol–water partition coefficient (Wildman–Crippen LogP) is 3.42. The molecule has 1 rings (SSSR count). The molecular formula is C9H11BrO2. The molecule has 0 bridgehead atoms. The highest BCUT2D eigenvalue weighted by atomic mass is 79.9. The summed E-state index contributed by atoms with van der Waals surface area (Å²) in [4.78, 5) is 4.26. The molecule has 0 fully saturated rings. The zero-order valence-electron chi connectivity index (χ0n) is 7.04. The summed E-state index contributed by atoms with van der Waals surface area (Å²) in [6.07, 6.45) is 0. The molecule has 1 aromatic rings. The fraction of sp³-hybridized carbons (Fsp3) is 0.333. The van der Waals surface area contributed by atoms with Crippen LogP contribution in [0.25, 0.3) is 0 Å². The molecule has 66 valence electrons. The van der Waals surface area contributed by atoms with Crippen LogP contribution in [0.5, 0.6) is 5.75 Å². The van der Waals surface area contributed by atoms with E-state index in [1.807, 2.05) is 26.0 Å². The van der Waals surface area contributed by atoms with Crippen LogP contribution in [0.3, 0.4) is 0 Å². The summed E-state index contributed by atoms with van der Waals surface area (Å²) in [5.41, 5.74) is 1.00. The van der Waals surface area contributed by atoms with Gasteiger partial charge in [-0.1, -0.05) is 35.8 Å². The highest BCUT2D eigenvalue weighted by molar-refractivity contribution is 9.10. The van der Waals surface area contributed by atoms with Crippen molar-refractivity contribution in [1.29, 1.82) is 0 Å². The van der Waals surface area contributed by atoms with Crippen molar-refractivity contribution in [3.05, 3.63) is 28.2 Å². The molecule has 0 amide bonds. The van der Waals surface area contributed by atoms with Crippen molar-refractivity contribution in [2.24, 2.45) is 0 Å². The van der Waals surface area contributed by atoms with E-state index in [1.165, 1.54) is 0 Å². The molecular weight excluding hydrogens is 220 g/mol. The van der Waals surface area contributed by atoms with Gasteiger partial charge >= 0.3 is 0 Å². The van der Waals surface area contributed by atoms with Crippen LogP contribution in [0, 0.1) is 0 Å². The first-order valence-corrected chi connectivity index (χ1v) is 4.55. The van der Waals surface area contributed by atoms with Crippen LogP contribution in [-0.2, 0) is 0 Å². The predicted molar refractivity (Wildman–Crippen MR) is 51.5 cm³/mol. The molecule has 0 atom stereocenters. The topological polar surface area (TPSA) is 29.5 Å².